The van der Waals surface area contributed by atoms with Gasteiger partial charge in [-0.25, -0.2) is 10.2 Å². The molecule has 25 heavy (non-hydrogen) atoms. The van der Waals surface area contributed by atoms with Crippen molar-refractivity contribution < 1.29 is 23.0 Å². The van der Waals surface area contributed by atoms with Gasteiger partial charge in [-0.3, -0.25) is 0 Å². The number of anilines is 1. The fourth-order valence-corrected chi connectivity index (χ4v) is 1.91. The molecule has 2 aromatic carbocycles. The van der Waals surface area contributed by atoms with E-state index in [9.17, 15) is 13.6 Å². The number of ether oxygens (including phenoxy) is 2. The Balaban J connectivity index is 1.97. The van der Waals surface area contributed by atoms with Crippen molar-refractivity contribution in [2.75, 3.05) is 11.9 Å². The van der Waals surface area contributed by atoms with Gasteiger partial charge < -0.3 is 14.8 Å². The first kappa shape index (κ1) is 18.2. The zero-order valence-corrected chi connectivity index (χ0v) is 13.4. The first-order chi connectivity index (χ1) is 12.1. The van der Waals surface area contributed by atoms with Gasteiger partial charge in [-0.15, -0.1) is 0 Å². The number of hydrazone groups is 1. The lowest BCUT2D eigenvalue weighted by atomic mass is 10.2. The molecule has 2 rings (SSSR count). The quantitative estimate of drug-likeness (QED) is 0.589. The number of amides is 2. The van der Waals surface area contributed by atoms with Gasteiger partial charge in [0.2, 0.25) is 0 Å². The predicted octanol–water partition coefficient (Wildman–Crippen LogP) is 3.84. The highest BCUT2D eigenvalue weighted by atomic mass is 19.3. The van der Waals surface area contributed by atoms with Gasteiger partial charge in [-0.05, 0) is 42.8 Å². The van der Waals surface area contributed by atoms with Crippen LogP contribution in [0, 0.1) is 0 Å². The molecule has 0 aliphatic carbocycles. The number of nitrogens with one attached hydrogen (secondary N) is 2. The number of rotatable bonds is 7. The number of hydrogen-bond donors (Lipinski definition) is 2. The van der Waals surface area contributed by atoms with Crippen molar-refractivity contribution in [1.29, 1.82) is 0 Å². The average Bonchev–Trinajstić information content (AvgIpc) is 2.58. The second kappa shape index (κ2) is 9.21. The number of hydrogen-bond acceptors (Lipinski definition) is 4. The minimum atomic E-state index is -2.94. The van der Waals surface area contributed by atoms with Crippen molar-refractivity contribution in [3.8, 4) is 11.5 Å². The maximum absolute atomic E-state index is 12.4. The van der Waals surface area contributed by atoms with Crippen LogP contribution in [0.2, 0.25) is 0 Å². The number of urea groups is 1. The first-order valence-corrected chi connectivity index (χ1v) is 7.45. The van der Waals surface area contributed by atoms with Crippen molar-refractivity contribution in [3.63, 3.8) is 0 Å². The van der Waals surface area contributed by atoms with Crippen LogP contribution in [0.1, 0.15) is 12.5 Å². The lowest BCUT2D eigenvalue weighted by molar-refractivity contribution is -0.0514. The molecule has 0 spiro atoms. The lowest BCUT2D eigenvalue weighted by Gasteiger charge is -2.11. The van der Waals surface area contributed by atoms with E-state index in [-0.39, 0.29) is 18.1 Å². The summed E-state index contributed by atoms with van der Waals surface area (Å²) in [7, 11) is 0. The highest BCUT2D eigenvalue weighted by Gasteiger charge is 2.11. The molecule has 0 aromatic heterocycles. The second-order valence-corrected chi connectivity index (χ2v) is 4.71. The van der Waals surface area contributed by atoms with E-state index in [1.165, 1.54) is 24.4 Å². The average molecular weight is 349 g/mol. The van der Waals surface area contributed by atoms with Crippen LogP contribution in [-0.4, -0.2) is 25.5 Å². The third kappa shape index (κ3) is 6.09. The van der Waals surface area contributed by atoms with Gasteiger partial charge in [-0.2, -0.15) is 13.9 Å². The Bertz CT molecular complexity index is 724. The molecule has 8 heteroatoms. The van der Waals surface area contributed by atoms with Crippen LogP contribution in [0.25, 0.3) is 0 Å². The van der Waals surface area contributed by atoms with Crippen molar-refractivity contribution in [3.05, 3.63) is 54.1 Å². The summed E-state index contributed by atoms with van der Waals surface area (Å²) in [5.41, 5.74) is 3.48. The lowest BCUT2D eigenvalue weighted by Crippen LogP contribution is -2.24. The van der Waals surface area contributed by atoms with Crippen molar-refractivity contribution in [2.45, 2.75) is 13.5 Å². The number of benzene rings is 2. The summed E-state index contributed by atoms with van der Waals surface area (Å²) in [6.07, 6.45) is 1.36. The Hall–Kier alpha value is -3.16. The zero-order chi connectivity index (χ0) is 18.1. The summed E-state index contributed by atoms with van der Waals surface area (Å²) in [6.45, 7) is -0.928. The maximum Gasteiger partial charge on any atom is 0.387 e. The van der Waals surface area contributed by atoms with Gasteiger partial charge in [0, 0.05) is 5.69 Å². The van der Waals surface area contributed by atoms with E-state index in [1.54, 1.807) is 31.2 Å². The van der Waals surface area contributed by atoms with Gasteiger partial charge in [0.1, 0.15) is 0 Å². The SMILES string of the molecule is CCOc1cc(/C=N\NC(=O)Nc2ccccc2)ccc1OC(F)F. The molecule has 2 amide bonds. The molecule has 6 nitrogen and oxygen atoms in total. The van der Waals surface area contributed by atoms with Crippen LogP contribution >= 0.6 is 0 Å². The highest BCUT2D eigenvalue weighted by molar-refractivity contribution is 5.90. The van der Waals surface area contributed by atoms with E-state index in [1.807, 2.05) is 6.07 Å². The topological polar surface area (TPSA) is 72.0 Å². The molecule has 0 unspecified atom stereocenters. The van der Waals surface area contributed by atoms with Gasteiger partial charge in [0.15, 0.2) is 11.5 Å². The van der Waals surface area contributed by atoms with Crippen LogP contribution < -0.4 is 20.2 Å². The van der Waals surface area contributed by atoms with E-state index in [0.29, 0.717) is 11.3 Å². The Morgan fingerprint density at radius 1 is 1.20 bits per heavy atom. The molecule has 0 atom stereocenters. The summed E-state index contributed by atoms with van der Waals surface area (Å²) in [4.78, 5) is 11.7. The minimum absolute atomic E-state index is 0.0659. The van der Waals surface area contributed by atoms with E-state index in [4.69, 9.17) is 4.74 Å². The molecular formula is C17H17F2N3O3. The number of alkyl halides is 2. The Morgan fingerprint density at radius 3 is 2.64 bits per heavy atom. The Morgan fingerprint density at radius 2 is 1.96 bits per heavy atom. The van der Waals surface area contributed by atoms with E-state index >= 15 is 0 Å². The monoisotopic (exact) mass is 349 g/mol. The molecule has 0 bridgehead atoms. The van der Waals surface area contributed by atoms with E-state index in [0.717, 1.165) is 0 Å². The fourth-order valence-electron chi connectivity index (χ4n) is 1.91. The van der Waals surface area contributed by atoms with E-state index < -0.39 is 12.6 Å². The molecule has 0 saturated heterocycles. The van der Waals surface area contributed by atoms with Gasteiger partial charge >= 0.3 is 12.6 Å². The normalized spacial score (nSPS) is 10.7. The molecule has 0 aliphatic heterocycles. The van der Waals surface area contributed by atoms with Crippen molar-refractivity contribution in [1.82, 2.24) is 5.43 Å². The van der Waals surface area contributed by atoms with Gasteiger partial charge in [0.05, 0.1) is 12.8 Å². The van der Waals surface area contributed by atoms with Gasteiger partial charge in [-0.1, -0.05) is 18.2 Å². The molecular weight excluding hydrogens is 332 g/mol. The summed E-state index contributed by atoms with van der Waals surface area (Å²) in [6, 6.07) is 12.7. The summed E-state index contributed by atoms with van der Waals surface area (Å²) >= 11 is 0. The number of carbonyl (C=O) groups excluding carboxylic acids is 1. The molecule has 0 radical (unpaired) electrons. The predicted molar refractivity (Wildman–Crippen MR) is 90.4 cm³/mol. The molecule has 0 saturated carbocycles. The summed E-state index contributed by atoms with van der Waals surface area (Å²) in [5.74, 6) is 0.101. The molecule has 0 aliphatic rings. The van der Waals surface area contributed by atoms with Crippen molar-refractivity contribution >= 4 is 17.9 Å². The third-order valence-electron chi connectivity index (χ3n) is 2.90. The number of halogens is 2. The van der Waals surface area contributed by atoms with Gasteiger partial charge in [0.25, 0.3) is 0 Å². The largest absolute Gasteiger partial charge is 0.490 e. The van der Waals surface area contributed by atoms with Crippen LogP contribution in [-0.2, 0) is 0 Å². The zero-order valence-electron chi connectivity index (χ0n) is 13.4. The fraction of sp³-hybridized carbons (Fsp3) is 0.176. The maximum atomic E-state index is 12.4. The minimum Gasteiger partial charge on any atom is -0.490 e. The summed E-state index contributed by atoms with van der Waals surface area (Å²) in [5, 5.41) is 6.40. The molecule has 2 N–H and O–H groups in total. The molecule has 0 heterocycles. The Labute approximate surface area is 143 Å². The standard InChI is InChI=1S/C17H17F2N3O3/c1-2-24-15-10-12(8-9-14(15)25-16(18)19)11-20-22-17(23)21-13-6-4-3-5-7-13/h3-11,16H,2H2,1H3,(H2,21,22,23)/b20-11-. The molecule has 2 aromatic rings. The van der Waals surface area contributed by atoms with Crippen LogP contribution in [0.4, 0.5) is 19.3 Å². The smallest absolute Gasteiger partial charge is 0.387 e. The van der Waals surface area contributed by atoms with Crippen LogP contribution in [0.3, 0.4) is 0 Å². The van der Waals surface area contributed by atoms with Crippen LogP contribution in [0.5, 0.6) is 11.5 Å². The summed E-state index contributed by atoms with van der Waals surface area (Å²) < 4.78 is 34.4. The van der Waals surface area contributed by atoms with E-state index in [2.05, 4.69) is 20.6 Å². The number of para-hydroxylation sites is 1. The Kier molecular flexibility index (Phi) is 6.70. The third-order valence-corrected chi connectivity index (χ3v) is 2.90. The second-order valence-electron chi connectivity index (χ2n) is 4.71. The molecule has 132 valence electrons. The van der Waals surface area contributed by atoms with Crippen LogP contribution in [0.15, 0.2) is 53.6 Å². The number of nitrogens with zero attached hydrogens (tertiary/aromatic N) is 1. The number of carbonyl (C=O) groups is 1. The van der Waals surface area contributed by atoms with Crippen molar-refractivity contribution in [2.24, 2.45) is 5.10 Å². The highest BCUT2D eigenvalue weighted by Crippen LogP contribution is 2.29. The first-order valence-electron chi connectivity index (χ1n) is 7.45. The molecule has 0 fully saturated rings.